The molecule has 0 saturated heterocycles. The van der Waals surface area contributed by atoms with Crippen molar-refractivity contribution in [3.05, 3.63) is 41.5 Å². The Hall–Kier alpha value is -1.39. The van der Waals surface area contributed by atoms with Gasteiger partial charge in [-0.15, -0.1) is 0 Å². The lowest BCUT2D eigenvalue weighted by atomic mass is 10.0. The molecule has 0 aliphatic heterocycles. The van der Waals surface area contributed by atoms with Gasteiger partial charge in [-0.2, -0.15) is 8.42 Å². The fraction of sp³-hybridized carbons (Fsp3) is 0.286. The van der Waals surface area contributed by atoms with Gasteiger partial charge in [0.15, 0.2) is 0 Å². The van der Waals surface area contributed by atoms with Crippen LogP contribution in [0.25, 0.3) is 11.1 Å². The summed E-state index contributed by atoms with van der Waals surface area (Å²) in [5, 5.41) is 0. The van der Waals surface area contributed by atoms with Crippen LogP contribution in [0.3, 0.4) is 0 Å². The van der Waals surface area contributed by atoms with E-state index in [2.05, 4.69) is 0 Å². The molecule has 4 heteroatoms. The first-order chi connectivity index (χ1) is 8.30. The number of hydrogen-bond acceptors (Lipinski definition) is 2. The summed E-state index contributed by atoms with van der Waals surface area (Å²) >= 11 is 0. The van der Waals surface area contributed by atoms with E-state index in [0.717, 1.165) is 16.7 Å². The van der Waals surface area contributed by atoms with Crippen molar-refractivity contribution >= 4 is 10.1 Å². The fourth-order valence-corrected chi connectivity index (χ4v) is 2.88. The van der Waals surface area contributed by atoms with Crippen molar-refractivity contribution in [2.24, 2.45) is 0 Å². The Morgan fingerprint density at radius 2 is 1.78 bits per heavy atom. The Labute approximate surface area is 108 Å². The molecule has 1 N–H and O–H groups in total. The van der Waals surface area contributed by atoms with E-state index < -0.39 is 10.1 Å². The maximum atomic E-state index is 11.4. The van der Waals surface area contributed by atoms with Gasteiger partial charge in [-0.05, 0) is 41.7 Å². The number of aryl methyl sites for hydroxylation is 1. The molecule has 0 unspecified atom stereocenters. The van der Waals surface area contributed by atoms with Crippen molar-refractivity contribution in [1.29, 1.82) is 0 Å². The Morgan fingerprint density at radius 1 is 1.11 bits per heavy atom. The van der Waals surface area contributed by atoms with Crippen LogP contribution < -0.4 is 0 Å². The third kappa shape index (κ3) is 2.26. The van der Waals surface area contributed by atoms with Crippen molar-refractivity contribution in [3.8, 4) is 11.1 Å². The molecular weight excluding hydrogens is 248 g/mol. The third-order valence-electron chi connectivity index (χ3n) is 3.14. The first-order valence-corrected chi connectivity index (χ1v) is 7.25. The van der Waals surface area contributed by atoms with Crippen molar-refractivity contribution < 1.29 is 13.0 Å². The van der Waals surface area contributed by atoms with Gasteiger partial charge in [-0.25, -0.2) is 0 Å². The third-order valence-corrected chi connectivity index (χ3v) is 4.03. The topological polar surface area (TPSA) is 54.4 Å². The Kier molecular flexibility index (Phi) is 3.17. The van der Waals surface area contributed by atoms with E-state index in [9.17, 15) is 13.0 Å². The molecule has 0 radical (unpaired) electrons. The minimum absolute atomic E-state index is 0.00639. The van der Waals surface area contributed by atoms with E-state index in [1.54, 1.807) is 0 Å². The molecule has 0 aromatic carbocycles. The van der Waals surface area contributed by atoms with Crippen LogP contribution >= 0.6 is 0 Å². The first kappa shape index (κ1) is 13.1. The summed E-state index contributed by atoms with van der Waals surface area (Å²) in [5.41, 5.74) is 3.34. The van der Waals surface area contributed by atoms with Crippen molar-refractivity contribution in [1.82, 2.24) is 0 Å². The zero-order valence-corrected chi connectivity index (χ0v) is 11.5. The van der Waals surface area contributed by atoms with Gasteiger partial charge in [0.1, 0.15) is 4.90 Å². The normalized spacial score (nSPS) is 12.3. The van der Waals surface area contributed by atoms with Crippen LogP contribution in [-0.2, 0) is 10.1 Å². The van der Waals surface area contributed by atoms with E-state index in [-0.39, 0.29) is 4.90 Å². The maximum Gasteiger partial charge on any atom is 0.295 e. The molecule has 3 nitrogen and oxygen atoms in total. The van der Waals surface area contributed by atoms with Crippen molar-refractivity contribution in [2.75, 3.05) is 0 Å². The lowest BCUT2D eigenvalue weighted by molar-refractivity contribution is 0.484. The zero-order valence-electron chi connectivity index (χ0n) is 10.6. The van der Waals surface area contributed by atoms with Crippen molar-refractivity contribution in [3.63, 3.8) is 0 Å². The summed E-state index contributed by atoms with van der Waals surface area (Å²) in [4.78, 5) is -0.00639. The average Bonchev–Trinajstić information content (AvgIpc) is 2.47. The zero-order chi connectivity index (χ0) is 13.5. The van der Waals surface area contributed by atoms with Gasteiger partial charge >= 0.3 is 0 Å². The summed E-state index contributed by atoms with van der Waals surface area (Å²) in [6, 6.07) is 9.13. The molecule has 96 valence electrons. The largest absolute Gasteiger partial charge is 0.295 e. The van der Waals surface area contributed by atoms with Crippen molar-refractivity contribution in [2.45, 2.75) is 31.6 Å². The lowest BCUT2D eigenvalue weighted by Crippen LogP contribution is -1.97. The van der Waals surface area contributed by atoms with Gasteiger partial charge < -0.3 is 0 Å². The van der Waals surface area contributed by atoms with Crippen LogP contribution in [0.2, 0.25) is 0 Å². The minimum Gasteiger partial charge on any atom is -0.282 e. The van der Waals surface area contributed by atoms with Crippen LogP contribution in [-0.4, -0.2) is 13.0 Å². The highest BCUT2D eigenvalue weighted by molar-refractivity contribution is 7.86. The molecule has 2 rings (SSSR count). The monoisotopic (exact) mass is 264 g/mol. The number of hydrogen-bond donors (Lipinski definition) is 1. The molecule has 0 saturated carbocycles. The van der Waals surface area contributed by atoms with Crippen LogP contribution in [0, 0.1) is 6.92 Å². The molecule has 0 bridgehead atoms. The van der Waals surface area contributed by atoms with Crippen LogP contribution in [0.5, 0.6) is 0 Å². The summed E-state index contributed by atoms with van der Waals surface area (Å²) in [6.45, 7) is 5.93. The van der Waals surface area contributed by atoms with Gasteiger partial charge in [-0.3, -0.25) is 4.55 Å². The van der Waals surface area contributed by atoms with Gasteiger partial charge in [0, 0.05) is 5.56 Å². The van der Waals surface area contributed by atoms with Gasteiger partial charge in [-0.1, -0.05) is 32.0 Å². The predicted octanol–water partition coefficient (Wildman–Crippen LogP) is 3.47. The highest BCUT2D eigenvalue weighted by Crippen LogP contribution is 2.35. The van der Waals surface area contributed by atoms with Gasteiger partial charge in [0.25, 0.3) is 10.1 Å². The summed E-state index contributed by atoms with van der Waals surface area (Å²) in [6.07, 6.45) is 0. The molecule has 0 aromatic heterocycles. The van der Waals surface area contributed by atoms with Gasteiger partial charge in [0.2, 0.25) is 0 Å². The molecule has 18 heavy (non-hydrogen) atoms. The van der Waals surface area contributed by atoms with E-state index in [4.69, 9.17) is 0 Å². The number of rotatable bonds is 2. The SMILES string of the molecule is Cc1cc(S(=O)(=O)O)c2cc(C(C)C)cccc1-2. The molecule has 0 aromatic rings. The summed E-state index contributed by atoms with van der Waals surface area (Å²) in [7, 11) is -4.18. The minimum atomic E-state index is -4.18. The van der Waals surface area contributed by atoms with E-state index in [0.29, 0.717) is 11.5 Å². The summed E-state index contributed by atoms with van der Waals surface area (Å²) in [5.74, 6) is 0.296. The second kappa shape index (κ2) is 4.37. The van der Waals surface area contributed by atoms with Crippen LogP contribution in [0.4, 0.5) is 0 Å². The first-order valence-electron chi connectivity index (χ1n) is 5.81. The maximum absolute atomic E-state index is 11.4. The van der Waals surface area contributed by atoms with E-state index >= 15 is 0 Å². The van der Waals surface area contributed by atoms with E-state index in [1.807, 2.05) is 45.0 Å². The second-order valence-corrected chi connectivity index (χ2v) is 6.21. The van der Waals surface area contributed by atoms with Crippen LogP contribution in [0.1, 0.15) is 30.9 Å². The van der Waals surface area contributed by atoms with E-state index in [1.165, 1.54) is 6.07 Å². The van der Waals surface area contributed by atoms with Gasteiger partial charge in [0.05, 0.1) is 0 Å². The fourth-order valence-electron chi connectivity index (χ4n) is 2.11. The second-order valence-electron chi connectivity index (χ2n) is 4.82. The lowest BCUT2D eigenvalue weighted by Gasteiger charge is -2.03. The van der Waals surface area contributed by atoms with Crippen LogP contribution in [0.15, 0.2) is 35.2 Å². The Morgan fingerprint density at radius 3 is 2.33 bits per heavy atom. The summed E-state index contributed by atoms with van der Waals surface area (Å²) < 4.78 is 32.1. The quantitative estimate of drug-likeness (QED) is 0.845. The number of fused-ring (bicyclic) bond motifs is 1. The molecule has 0 heterocycles. The highest BCUT2D eigenvalue weighted by Gasteiger charge is 2.21. The molecule has 2 aliphatic carbocycles. The molecule has 0 atom stereocenters. The standard InChI is InChI=1S/C14H16O3S/c1-9(2)11-5-4-6-12-10(3)7-14(13(12)8-11)18(15,16)17/h4-9H,1-3H3,(H,15,16,17). The molecule has 2 aliphatic rings. The highest BCUT2D eigenvalue weighted by atomic mass is 32.2. The Balaban J connectivity index is 2.81. The molecular formula is C14H16O3S. The molecule has 0 amide bonds. The molecule has 0 spiro atoms. The Bertz CT molecular complexity index is 657. The average molecular weight is 264 g/mol. The smallest absolute Gasteiger partial charge is 0.282 e. The predicted molar refractivity (Wildman–Crippen MR) is 71.7 cm³/mol. The molecule has 0 fully saturated rings.